The smallest absolute Gasteiger partial charge is 0.0844 e. The van der Waals surface area contributed by atoms with Crippen LogP contribution < -0.4 is 0 Å². The molecule has 0 aromatic heterocycles. The Labute approximate surface area is 86.0 Å². The molecule has 2 saturated heterocycles. The first-order chi connectivity index (χ1) is 6.83. The van der Waals surface area contributed by atoms with Gasteiger partial charge in [0, 0.05) is 0 Å². The van der Waals surface area contributed by atoms with Crippen molar-refractivity contribution in [2.24, 2.45) is 11.8 Å². The van der Waals surface area contributed by atoms with Gasteiger partial charge in [0.1, 0.15) is 0 Å². The van der Waals surface area contributed by atoms with Gasteiger partial charge in [0.15, 0.2) is 0 Å². The minimum Gasteiger partial charge on any atom is -0.378 e. The van der Waals surface area contributed by atoms with Gasteiger partial charge in [0.2, 0.25) is 0 Å². The van der Waals surface area contributed by atoms with E-state index < -0.39 is 0 Å². The van der Waals surface area contributed by atoms with E-state index in [1.165, 1.54) is 32.1 Å². The van der Waals surface area contributed by atoms with Crippen molar-refractivity contribution < 1.29 is 9.47 Å². The molecule has 2 aliphatic heterocycles. The first-order valence-corrected chi connectivity index (χ1v) is 6.10. The number of rotatable bonds is 1. The van der Waals surface area contributed by atoms with E-state index in [1.807, 2.05) is 0 Å². The van der Waals surface area contributed by atoms with E-state index in [2.05, 4.69) is 6.92 Å². The van der Waals surface area contributed by atoms with Gasteiger partial charge < -0.3 is 9.47 Å². The van der Waals surface area contributed by atoms with E-state index in [9.17, 15) is 0 Å². The number of epoxide rings is 1. The molecule has 1 saturated carbocycles. The number of hydrogen-bond acceptors (Lipinski definition) is 2. The summed E-state index contributed by atoms with van der Waals surface area (Å²) in [6, 6.07) is 0. The summed E-state index contributed by atoms with van der Waals surface area (Å²) in [6.45, 7) is 3.19. The predicted molar refractivity (Wildman–Crippen MR) is 54.1 cm³/mol. The molecule has 2 heteroatoms. The van der Waals surface area contributed by atoms with E-state index in [0.717, 1.165) is 18.4 Å². The van der Waals surface area contributed by atoms with Crippen molar-refractivity contribution in [3.8, 4) is 0 Å². The van der Waals surface area contributed by atoms with Crippen LogP contribution in [-0.2, 0) is 9.47 Å². The highest BCUT2D eigenvalue weighted by Gasteiger charge is 2.45. The lowest BCUT2D eigenvalue weighted by molar-refractivity contribution is -0.0264. The van der Waals surface area contributed by atoms with Crippen LogP contribution in [0.4, 0.5) is 0 Å². The minimum absolute atomic E-state index is 0.500. The van der Waals surface area contributed by atoms with Crippen molar-refractivity contribution in [1.82, 2.24) is 0 Å². The number of ether oxygens (including phenoxy) is 2. The molecule has 0 spiro atoms. The molecule has 5 atom stereocenters. The molecule has 0 bridgehead atoms. The zero-order valence-corrected chi connectivity index (χ0v) is 8.95. The summed E-state index contributed by atoms with van der Waals surface area (Å²) in [5.41, 5.74) is 0. The Hall–Kier alpha value is -0.0800. The fourth-order valence-electron chi connectivity index (χ4n) is 3.14. The maximum Gasteiger partial charge on any atom is 0.0844 e. The molecule has 3 rings (SSSR count). The topological polar surface area (TPSA) is 21.8 Å². The Morgan fingerprint density at radius 1 is 0.929 bits per heavy atom. The lowest BCUT2D eigenvalue weighted by atomic mass is 9.77. The van der Waals surface area contributed by atoms with Gasteiger partial charge in [0.05, 0.1) is 24.9 Å². The molecule has 5 unspecified atom stereocenters. The van der Waals surface area contributed by atoms with Crippen molar-refractivity contribution >= 4 is 0 Å². The molecule has 1 aliphatic carbocycles. The highest BCUT2D eigenvalue weighted by molar-refractivity contribution is 4.94. The Morgan fingerprint density at radius 3 is 2.50 bits per heavy atom. The third-order valence-electron chi connectivity index (χ3n) is 4.25. The molecule has 14 heavy (non-hydrogen) atoms. The summed E-state index contributed by atoms with van der Waals surface area (Å²) in [4.78, 5) is 0. The molecular weight excluding hydrogens is 176 g/mol. The van der Waals surface area contributed by atoms with E-state index in [4.69, 9.17) is 9.47 Å². The van der Waals surface area contributed by atoms with Crippen molar-refractivity contribution in [3.63, 3.8) is 0 Å². The largest absolute Gasteiger partial charge is 0.378 e. The fraction of sp³-hybridized carbons (Fsp3) is 1.00. The van der Waals surface area contributed by atoms with E-state index in [0.29, 0.717) is 18.3 Å². The van der Waals surface area contributed by atoms with Crippen molar-refractivity contribution in [2.75, 3.05) is 6.61 Å². The maximum atomic E-state index is 5.75. The zero-order chi connectivity index (χ0) is 9.54. The number of hydrogen-bond donors (Lipinski definition) is 0. The SMILES string of the molecule is CC1CCC(C2CCC3OC3C2)CO1. The maximum absolute atomic E-state index is 5.75. The number of fused-ring (bicyclic) bond motifs is 1. The summed E-state index contributed by atoms with van der Waals surface area (Å²) in [6.07, 6.45) is 8.42. The molecule has 0 N–H and O–H groups in total. The van der Waals surface area contributed by atoms with Crippen LogP contribution in [-0.4, -0.2) is 24.9 Å². The Bertz CT molecular complexity index is 208. The van der Waals surface area contributed by atoms with Gasteiger partial charge in [0.25, 0.3) is 0 Å². The molecule has 0 aromatic rings. The highest BCUT2D eigenvalue weighted by Crippen LogP contribution is 2.44. The van der Waals surface area contributed by atoms with Crippen LogP contribution in [0.2, 0.25) is 0 Å². The van der Waals surface area contributed by atoms with Crippen LogP contribution in [0.15, 0.2) is 0 Å². The first-order valence-electron chi connectivity index (χ1n) is 6.10. The zero-order valence-electron chi connectivity index (χ0n) is 8.95. The Morgan fingerprint density at radius 2 is 1.79 bits per heavy atom. The van der Waals surface area contributed by atoms with Crippen LogP contribution in [0.5, 0.6) is 0 Å². The quantitative estimate of drug-likeness (QED) is 0.600. The molecule has 3 fully saturated rings. The summed E-state index contributed by atoms with van der Waals surface area (Å²) < 4.78 is 11.3. The van der Waals surface area contributed by atoms with E-state index in [1.54, 1.807) is 0 Å². The summed E-state index contributed by atoms with van der Waals surface area (Å²) in [5, 5.41) is 0. The molecular formula is C12H20O2. The monoisotopic (exact) mass is 196 g/mol. The minimum atomic E-state index is 0.500. The van der Waals surface area contributed by atoms with E-state index in [-0.39, 0.29) is 0 Å². The molecule has 0 radical (unpaired) electrons. The standard InChI is InChI=1S/C12H20O2/c1-8-2-3-10(7-13-8)9-4-5-11-12(6-9)14-11/h8-12H,2-7H2,1H3. The molecule has 2 heterocycles. The van der Waals surface area contributed by atoms with Crippen molar-refractivity contribution in [3.05, 3.63) is 0 Å². The second-order valence-electron chi connectivity index (χ2n) is 5.27. The Kier molecular flexibility index (Phi) is 2.29. The second-order valence-corrected chi connectivity index (χ2v) is 5.27. The van der Waals surface area contributed by atoms with Gasteiger partial charge in [-0.05, 0) is 50.9 Å². The van der Waals surface area contributed by atoms with E-state index >= 15 is 0 Å². The third-order valence-corrected chi connectivity index (χ3v) is 4.25. The fourth-order valence-corrected chi connectivity index (χ4v) is 3.14. The molecule has 80 valence electrons. The van der Waals surface area contributed by atoms with Crippen LogP contribution in [0.1, 0.15) is 39.0 Å². The van der Waals surface area contributed by atoms with Crippen LogP contribution in [0.25, 0.3) is 0 Å². The van der Waals surface area contributed by atoms with Gasteiger partial charge in [-0.2, -0.15) is 0 Å². The average molecular weight is 196 g/mol. The molecule has 3 aliphatic rings. The average Bonchev–Trinajstić information content (AvgIpc) is 2.96. The van der Waals surface area contributed by atoms with Crippen LogP contribution in [0.3, 0.4) is 0 Å². The Balaban J connectivity index is 1.54. The predicted octanol–water partition coefficient (Wildman–Crippen LogP) is 2.37. The van der Waals surface area contributed by atoms with Crippen LogP contribution >= 0.6 is 0 Å². The van der Waals surface area contributed by atoms with Crippen molar-refractivity contribution in [1.29, 1.82) is 0 Å². The second kappa shape index (κ2) is 3.49. The first kappa shape index (κ1) is 9.17. The summed E-state index contributed by atoms with van der Waals surface area (Å²) in [5.74, 6) is 1.72. The summed E-state index contributed by atoms with van der Waals surface area (Å²) in [7, 11) is 0. The third kappa shape index (κ3) is 1.70. The lowest BCUT2D eigenvalue weighted by Crippen LogP contribution is -2.31. The lowest BCUT2D eigenvalue weighted by Gasteiger charge is -2.33. The normalized spacial score (nSPS) is 52.5. The van der Waals surface area contributed by atoms with Gasteiger partial charge >= 0.3 is 0 Å². The molecule has 0 amide bonds. The molecule has 0 aromatic carbocycles. The van der Waals surface area contributed by atoms with Crippen LogP contribution in [0, 0.1) is 11.8 Å². The van der Waals surface area contributed by atoms with Crippen molar-refractivity contribution in [2.45, 2.75) is 57.3 Å². The van der Waals surface area contributed by atoms with Gasteiger partial charge in [-0.1, -0.05) is 0 Å². The van der Waals surface area contributed by atoms with Gasteiger partial charge in [-0.15, -0.1) is 0 Å². The molecule has 2 nitrogen and oxygen atoms in total. The summed E-state index contributed by atoms with van der Waals surface area (Å²) >= 11 is 0. The highest BCUT2D eigenvalue weighted by atomic mass is 16.6. The van der Waals surface area contributed by atoms with Gasteiger partial charge in [-0.3, -0.25) is 0 Å². The van der Waals surface area contributed by atoms with Gasteiger partial charge in [-0.25, -0.2) is 0 Å².